The summed E-state index contributed by atoms with van der Waals surface area (Å²) in [5, 5.41) is 0. The van der Waals surface area contributed by atoms with Crippen LogP contribution in [0.5, 0.6) is 0 Å². The highest BCUT2D eigenvalue weighted by molar-refractivity contribution is 4.82. The molecular weight excluding hydrogens is 553 g/mol. The van der Waals surface area contributed by atoms with Crippen molar-refractivity contribution in [3.63, 3.8) is 0 Å². The second-order valence-electron chi connectivity index (χ2n) is 16.0. The Bertz CT molecular complexity index is 498. The van der Waals surface area contributed by atoms with Crippen molar-refractivity contribution in [1.82, 2.24) is 0 Å². The number of rotatable bonds is 39. The Morgan fingerprint density at radius 1 is 0.217 bits per heavy atom. The molecule has 278 valence electrons. The van der Waals surface area contributed by atoms with Gasteiger partial charge >= 0.3 is 0 Å². The van der Waals surface area contributed by atoms with Crippen molar-refractivity contribution in [2.45, 2.75) is 273 Å². The summed E-state index contributed by atoms with van der Waals surface area (Å²) in [7, 11) is 0. The number of hydrogen-bond acceptors (Lipinski definition) is 0. The SMILES string of the molecule is CCCCCCCCCCC(CCCCCCCCCC)C(CC)C(CC)C(CCCCCCCCC)CCCCCCCCC. The van der Waals surface area contributed by atoms with Crippen LogP contribution in [0.25, 0.3) is 0 Å². The highest BCUT2D eigenvalue weighted by atomic mass is 14.4. The Hall–Kier alpha value is 0. The lowest BCUT2D eigenvalue weighted by Gasteiger charge is -2.38. The summed E-state index contributed by atoms with van der Waals surface area (Å²) in [6, 6.07) is 0. The minimum atomic E-state index is 0.971. The first kappa shape index (κ1) is 46.0. The topological polar surface area (TPSA) is 0 Å². The van der Waals surface area contributed by atoms with E-state index in [4.69, 9.17) is 0 Å². The second-order valence-corrected chi connectivity index (χ2v) is 16.0. The van der Waals surface area contributed by atoms with Crippen LogP contribution in [0.1, 0.15) is 273 Å². The predicted molar refractivity (Wildman–Crippen MR) is 214 cm³/mol. The van der Waals surface area contributed by atoms with Gasteiger partial charge in [-0.05, 0) is 23.7 Å². The van der Waals surface area contributed by atoms with Gasteiger partial charge < -0.3 is 0 Å². The van der Waals surface area contributed by atoms with Crippen molar-refractivity contribution in [2.75, 3.05) is 0 Å². The van der Waals surface area contributed by atoms with E-state index in [2.05, 4.69) is 41.5 Å². The fraction of sp³-hybridized carbons (Fsp3) is 1.00. The lowest BCUT2D eigenvalue weighted by molar-refractivity contribution is 0.116. The second kappa shape index (κ2) is 37.8. The van der Waals surface area contributed by atoms with Gasteiger partial charge in [-0.15, -0.1) is 0 Å². The average Bonchev–Trinajstić information content (AvgIpc) is 3.07. The molecule has 2 atom stereocenters. The third-order valence-corrected chi connectivity index (χ3v) is 11.9. The van der Waals surface area contributed by atoms with E-state index in [9.17, 15) is 0 Å². The molecule has 0 nitrogen and oxygen atoms in total. The summed E-state index contributed by atoms with van der Waals surface area (Å²) in [5.41, 5.74) is 0. The molecule has 0 aromatic carbocycles. The van der Waals surface area contributed by atoms with Crippen LogP contribution in [0.15, 0.2) is 0 Å². The van der Waals surface area contributed by atoms with E-state index in [-0.39, 0.29) is 0 Å². The molecule has 0 rings (SSSR count). The van der Waals surface area contributed by atoms with Crippen molar-refractivity contribution in [3.05, 3.63) is 0 Å². The first-order valence-corrected chi connectivity index (χ1v) is 22.7. The zero-order chi connectivity index (χ0) is 33.8. The van der Waals surface area contributed by atoms with Gasteiger partial charge in [0.1, 0.15) is 0 Å². The zero-order valence-corrected chi connectivity index (χ0v) is 33.8. The van der Waals surface area contributed by atoms with Gasteiger partial charge in [0.15, 0.2) is 0 Å². The summed E-state index contributed by atoms with van der Waals surface area (Å²) >= 11 is 0. The summed E-state index contributed by atoms with van der Waals surface area (Å²) in [6.45, 7) is 14.5. The van der Waals surface area contributed by atoms with Gasteiger partial charge in [-0.2, -0.15) is 0 Å². The molecule has 0 saturated carbocycles. The Balaban J connectivity index is 5.29. The van der Waals surface area contributed by atoms with E-state index < -0.39 is 0 Å². The maximum Gasteiger partial charge on any atom is -0.0357 e. The smallest absolute Gasteiger partial charge is 0.0357 e. The van der Waals surface area contributed by atoms with E-state index in [0.717, 1.165) is 23.7 Å². The van der Waals surface area contributed by atoms with Gasteiger partial charge in [0.05, 0.1) is 0 Å². The molecule has 0 amide bonds. The van der Waals surface area contributed by atoms with E-state index in [1.807, 2.05) is 0 Å². The van der Waals surface area contributed by atoms with Crippen LogP contribution in [0.2, 0.25) is 0 Å². The van der Waals surface area contributed by atoms with Gasteiger partial charge in [-0.1, -0.05) is 273 Å². The van der Waals surface area contributed by atoms with Crippen molar-refractivity contribution < 1.29 is 0 Å². The molecule has 46 heavy (non-hydrogen) atoms. The van der Waals surface area contributed by atoms with E-state index in [1.54, 1.807) is 0 Å². The highest BCUT2D eigenvalue weighted by Gasteiger charge is 2.31. The summed E-state index contributed by atoms with van der Waals surface area (Å²) in [4.78, 5) is 0. The van der Waals surface area contributed by atoms with E-state index in [1.165, 1.54) is 231 Å². The number of unbranched alkanes of at least 4 members (excludes halogenated alkanes) is 26. The minimum absolute atomic E-state index is 0.971. The number of hydrogen-bond donors (Lipinski definition) is 0. The molecule has 0 aliphatic heterocycles. The average molecular weight is 647 g/mol. The zero-order valence-electron chi connectivity index (χ0n) is 33.8. The highest BCUT2D eigenvalue weighted by Crippen LogP contribution is 2.41. The Morgan fingerprint density at radius 2 is 0.391 bits per heavy atom. The molecule has 0 saturated heterocycles. The Kier molecular flexibility index (Phi) is 37.8. The van der Waals surface area contributed by atoms with Crippen molar-refractivity contribution in [1.29, 1.82) is 0 Å². The van der Waals surface area contributed by atoms with Crippen molar-refractivity contribution >= 4 is 0 Å². The van der Waals surface area contributed by atoms with Crippen LogP contribution >= 0.6 is 0 Å². The van der Waals surface area contributed by atoms with Crippen LogP contribution in [0.4, 0.5) is 0 Å². The van der Waals surface area contributed by atoms with Crippen molar-refractivity contribution in [3.8, 4) is 0 Å². The maximum atomic E-state index is 2.58. The Labute approximate surface area is 295 Å². The van der Waals surface area contributed by atoms with E-state index in [0.29, 0.717) is 0 Å². The first-order chi connectivity index (χ1) is 22.7. The molecule has 0 N–H and O–H groups in total. The molecule has 0 radical (unpaired) electrons. The molecule has 0 spiro atoms. The first-order valence-electron chi connectivity index (χ1n) is 22.7. The molecular formula is C46H94. The molecule has 0 heteroatoms. The maximum absolute atomic E-state index is 2.58. The molecule has 0 aliphatic rings. The fourth-order valence-electron chi connectivity index (χ4n) is 8.92. The molecule has 0 aromatic heterocycles. The molecule has 0 bridgehead atoms. The van der Waals surface area contributed by atoms with Gasteiger partial charge in [-0.25, -0.2) is 0 Å². The van der Waals surface area contributed by atoms with Crippen LogP contribution < -0.4 is 0 Å². The molecule has 0 aromatic rings. The van der Waals surface area contributed by atoms with E-state index >= 15 is 0 Å². The van der Waals surface area contributed by atoms with Crippen LogP contribution in [-0.4, -0.2) is 0 Å². The van der Waals surface area contributed by atoms with Gasteiger partial charge in [0, 0.05) is 0 Å². The molecule has 0 fully saturated rings. The lowest BCUT2D eigenvalue weighted by Crippen LogP contribution is -2.29. The van der Waals surface area contributed by atoms with Gasteiger partial charge in [-0.3, -0.25) is 0 Å². The normalized spacial score (nSPS) is 13.3. The third-order valence-electron chi connectivity index (χ3n) is 11.9. The molecule has 0 heterocycles. The quantitative estimate of drug-likeness (QED) is 0.0583. The predicted octanol–water partition coefficient (Wildman–Crippen LogP) is 17.6. The Morgan fingerprint density at radius 3 is 0.565 bits per heavy atom. The monoisotopic (exact) mass is 647 g/mol. The summed E-state index contributed by atoms with van der Waals surface area (Å²) in [5.74, 6) is 3.91. The summed E-state index contributed by atoms with van der Waals surface area (Å²) < 4.78 is 0. The van der Waals surface area contributed by atoms with Crippen LogP contribution in [0.3, 0.4) is 0 Å². The van der Waals surface area contributed by atoms with Gasteiger partial charge in [0.2, 0.25) is 0 Å². The molecule has 0 aliphatic carbocycles. The lowest BCUT2D eigenvalue weighted by atomic mass is 9.67. The molecule has 2 unspecified atom stereocenters. The third kappa shape index (κ3) is 27.9. The standard InChI is InChI=1S/C46H94/c1-7-13-17-21-25-29-33-37-41-44(42-38-34-30-26-22-18-14-8-2)46(12-6)45(11-5)43(39-35-31-27-23-19-15-9-3)40-36-32-28-24-20-16-10-4/h43-46H,7-42H2,1-6H3. The summed E-state index contributed by atoms with van der Waals surface area (Å²) in [6.07, 6.45) is 52.9. The minimum Gasteiger partial charge on any atom is -0.0654 e. The largest absolute Gasteiger partial charge is 0.0654 e. The van der Waals surface area contributed by atoms with Crippen LogP contribution in [-0.2, 0) is 0 Å². The fourth-order valence-corrected chi connectivity index (χ4v) is 8.92. The van der Waals surface area contributed by atoms with Gasteiger partial charge in [0.25, 0.3) is 0 Å². The van der Waals surface area contributed by atoms with Crippen LogP contribution in [0, 0.1) is 23.7 Å². The van der Waals surface area contributed by atoms with Crippen molar-refractivity contribution in [2.24, 2.45) is 23.7 Å².